The summed E-state index contributed by atoms with van der Waals surface area (Å²) in [5, 5.41) is 7.40. The normalized spacial score (nSPS) is 18.1. The van der Waals surface area contributed by atoms with Crippen LogP contribution in [-0.4, -0.2) is 31.6 Å². The summed E-state index contributed by atoms with van der Waals surface area (Å²) in [5.41, 5.74) is 5.97. The number of hydrogen-bond acceptors (Lipinski definition) is 3. The number of nitrogens with two attached hydrogens (primary N) is 1. The van der Waals surface area contributed by atoms with E-state index in [0.29, 0.717) is 31.5 Å². The molecule has 0 aliphatic carbocycles. The number of sulfonamides is 1. The van der Waals surface area contributed by atoms with Crippen LogP contribution >= 0.6 is 0 Å². The minimum absolute atomic E-state index is 0.0128. The average Bonchev–Trinajstić information content (AvgIpc) is 2.41. The molecule has 0 amide bonds. The third kappa shape index (κ3) is 2.83. The Bertz CT molecular complexity index is 623. The highest BCUT2D eigenvalue weighted by atomic mass is 32.2. The summed E-state index contributed by atoms with van der Waals surface area (Å²) in [6, 6.07) is 3.77. The first-order chi connectivity index (χ1) is 9.32. The minimum Gasteiger partial charge on any atom is -0.387 e. The first kappa shape index (κ1) is 14.9. The molecule has 0 atom stereocenters. The Kier molecular flexibility index (Phi) is 4.10. The van der Waals surface area contributed by atoms with Crippen molar-refractivity contribution in [3.05, 3.63) is 29.6 Å². The van der Waals surface area contributed by atoms with Gasteiger partial charge in [-0.1, -0.05) is 6.07 Å². The smallest absolute Gasteiger partial charge is 0.243 e. The maximum Gasteiger partial charge on any atom is 0.243 e. The van der Waals surface area contributed by atoms with Gasteiger partial charge in [-0.2, -0.15) is 4.31 Å². The van der Waals surface area contributed by atoms with E-state index in [1.165, 1.54) is 16.4 Å². The van der Waals surface area contributed by atoms with Crippen molar-refractivity contribution in [2.24, 2.45) is 11.7 Å². The number of halogens is 1. The predicted molar refractivity (Wildman–Crippen MR) is 74.5 cm³/mol. The summed E-state index contributed by atoms with van der Waals surface area (Å²) in [5.74, 6) is -0.521. The number of hydrogen-bond donors (Lipinski definition) is 2. The Labute approximate surface area is 118 Å². The van der Waals surface area contributed by atoms with Crippen molar-refractivity contribution in [3.8, 4) is 0 Å². The molecule has 1 saturated heterocycles. The minimum atomic E-state index is -3.68. The van der Waals surface area contributed by atoms with Gasteiger partial charge < -0.3 is 5.73 Å². The van der Waals surface area contributed by atoms with Crippen LogP contribution in [0.25, 0.3) is 0 Å². The molecule has 1 aliphatic rings. The van der Waals surface area contributed by atoms with Crippen LogP contribution in [0.3, 0.4) is 0 Å². The van der Waals surface area contributed by atoms with Gasteiger partial charge in [0.1, 0.15) is 5.82 Å². The van der Waals surface area contributed by atoms with Crippen molar-refractivity contribution in [2.45, 2.75) is 24.7 Å². The zero-order valence-electron chi connectivity index (χ0n) is 11.3. The molecule has 1 aromatic rings. The molecule has 7 heteroatoms. The van der Waals surface area contributed by atoms with Crippen LogP contribution in [-0.2, 0) is 10.0 Å². The standard InChI is InChI=1S/C13H18FN3O2S/c1-9-2-3-11(14)8-12(9)20(18,19)17-6-4-10(5-7-17)13(15)16/h2-3,8,10H,4-7H2,1H3,(H3,15,16). The molecular formula is C13H18FN3O2S. The fourth-order valence-electron chi connectivity index (χ4n) is 2.40. The molecule has 1 heterocycles. The van der Waals surface area contributed by atoms with Crippen LogP contribution in [0.5, 0.6) is 0 Å². The van der Waals surface area contributed by atoms with Crippen LogP contribution in [0.1, 0.15) is 18.4 Å². The lowest BCUT2D eigenvalue weighted by molar-refractivity contribution is 0.314. The van der Waals surface area contributed by atoms with E-state index in [2.05, 4.69) is 0 Å². The summed E-state index contributed by atoms with van der Waals surface area (Å²) < 4.78 is 39.6. The van der Waals surface area contributed by atoms with Gasteiger partial charge in [-0.15, -0.1) is 0 Å². The van der Waals surface area contributed by atoms with Crippen LogP contribution < -0.4 is 5.73 Å². The molecule has 20 heavy (non-hydrogen) atoms. The van der Waals surface area contributed by atoms with E-state index in [0.717, 1.165) is 6.07 Å². The predicted octanol–water partition coefficient (Wildman–Crippen LogP) is 1.47. The number of rotatable bonds is 3. The fraction of sp³-hybridized carbons (Fsp3) is 0.462. The van der Waals surface area contributed by atoms with Crippen molar-refractivity contribution in [2.75, 3.05) is 13.1 Å². The molecule has 3 N–H and O–H groups in total. The topological polar surface area (TPSA) is 87.2 Å². The van der Waals surface area contributed by atoms with Crippen molar-refractivity contribution < 1.29 is 12.8 Å². The second kappa shape index (κ2) is 5.49. The summed E-state index contributed by atoms with van der Waals surface area (Å²) in [7, 11) is -3.68. The largest absolute Gasteiger partial charge is 0.387 e. The van der Waals surface area contributed by atoms with E-state index < -0.39 is 15.8 Å². The first-order valence-electron chi connectivity index (χ1n) is 6.42. The summed E-state index contributed by atoms with van der Waals surface area (Å²) in [4.78, 5) is 0.0128. The second-order valence-electron chi connectivity index (χ2n) is 5.04. The molecule has 1 aromatic carbocycles. The van der Waals surface area contributed by atoms with Crippen LogP contribution in [0, 0.1) is 24.1 Å². The summed E-state index contributed by atoms with van der Waals surface area (Å²) in [6.07, 6.45) is 1.06. The molecule has 0 saturated carbocycles. The first-order valence-corrected chi connectivity index (χ1v) is 7.86. The van der Waals surface area contributed by atoms with E-state index >= 15 is 0 Å². The lowest BCUT2D eigenvalue weighted by atomic mass is 9.97. The second-order valence-corrected chi connectivity index (χ2v) is 6.95. The van der Waals surface area contributed by atoms with Gasteiger partial charge in [0.15, 0.2) is 0 Å². The summed E-state index contributed by atoms with van der Waals surface area (Å²) in [6.45, 7) is 2.26. The van der Waals surface area contributed by atoms with E-state index in [1.807, 2.05) is 0 Å². The number of benzene rings is 1. The molecule has 0 spiro atoms. The Balaban J connectivity index is 2.24. The Hall–Kier alpha value is -1.47. The van der Waals surface area contributed by atoms with Crippen molar-refractivity contribution in [1.82, 2.24) is 4.31 Å². The van der Waals surface area contributed by atoms with E-state index in [4.69, 9.17) is 11.1 Å². The van der Waals surface area contributed by atoms with Crippen LogP contribution in [0.4, 0.5) is 4.39 Å². The zero-order chi connectivity index (χ0) is 14.9. The molecule has 0 radical (unpaired) electrons. The summed E-state index contributed by atoms with van der Waals surface area (Å²) >= 11 is 0. The fourth-order valence-corrected chi connectivity index (χ4v) is 4.10. The van der Waals surface area contributed by atoms with Crippen LogP contribution in [0.2, 0.25) is 0 Å². The number of amidine groups is 1. The van der Waals surface area contributed by atoms with Gasteiger partial charge in [0.25, 0.3) is 0 Å². The Morgan fingerprint density at radius 2 is 2.00 bits per heavy atom. The van der Waals surface area contributed by atoms with Gasteiger partial charge >= 0.3 is 0 Å². The third-order valence-corrected chi connectivity index (χ3v) is 5.70. The quantitative estimate of drug-likeness (QED) is 0.654. The number of piperidine rings is 1. The van der Waals surface area contributed by atoms with Gasteiger partial charge in [-0.25, -0.2) is 12.8 Å². The van der Waals surface area contributed by atoms with Gasteiger partial charge in [0, 0.05) is 19.0 Å². The maximum absolute atomic E-state index is 13.3. The molecule has 1 fully saturated rings. The average molecular weight is 299 g/mol. The lowest BCUT2D eigenvalue weighted by Crippen LogP contribution is -2.41. The highest BCUT2D eigenvalue weighted by molar-refractivity contribution is 7.89. The van der Waals surface area contributed by atoms with Gasteiger partial charge in [-0.3, -0.25) is 5.41 Å². The van der Waals surface area contributed by atoms with Gasteiger partial charge in [0.2, 0.25) is 10.0 Å². The van der Waals surface area contributed by atoms with E-state index in [1.54, 1.807) is 6.92 Å². The van der Waals surface area contributed by atoms with Gasteiger partial charge in [0.05, 0.1) is 10.7 Å². The lowest BCUT2D eigenvalue weighted by Gasteiger charge is -2.30. The van der Waals surface area contributed by atoms with E-state index in [9.17, 15) is 12.8 Å². The molecule has 0 aromatic heterocycles. The van der Waals surface area contributed by atoms with E-state index in [-0.39, 0.29) is 16.6 Å². The Morgan fingerprint density at radius 3 is 2.55 bits per heavy atom. The Morgan fingerprint density at radius 1 is 1.40 bits per heavy atom. The monoisotopic (exact) mass is 299 g/mol. The molecular weight excluding hydrogens is 281 g/mol. The molecule has 2 rings (SSSR count). The third-order valence-electron chi connectivity index (χ3n) is 3.66. The number of aryl methyl sites for hydroxylation is 1. The molecule has 1 aliphatic heterocycles. The van der Waals surface area contributed by atoms with Crippen LogP contribution in [0.15, 0.2) is 23.1 Å². The van der Waals surface area contributed by atoms with Crippen molar-refractivity contribution in [3.63, 3.8) is 0 Å². The molecule has 0 unspecified atom stereocenters. The van der Waals surface area contributed by atoms with Crippen molar-refractivity contribution in [1.29, 1.82) is 5.41 Å². The number of nitrogens with zero attached hydrogens (tertiary/aromatic N) is 1. The highest BCUT2D eigenvalue weighted by Crippen LogP contribution is 2.26. The highest BCUT2D eigenvalue weighted by Gasteiger charge is 2.31. The number of nitrogens with one attached hydrogen (secondary N) is 1. The molecule has 0 bridgehead atoms. The SMILES string of the molecule is Cc1ccc(F)cc1S(=O)(=O)N1CCC(C(=N)N)CC1. The zero-order valence-corrected chi connectivity index (χ0v) is 12.1. The maximum atomic E-state index is 13.3. The van der Waals surface area contributed by atoms with Crippen molar-refractivity contribution >= 4 is 15.9 Å². The molecule has 110 valence electrons. The van der Waals surface area contributed by atoms with Gasteiger partial charge in [-0.05, 0) is 37.5 Å². The molecule has 5 nitrogen and oxygen atoms in total.